The maximum absolute atomic E-state index is 6.17. The Labute approximate surface area is 231 Å². The van der Waals surface area contributed by atoms with Crippen molar-refractivity contribution in [3.05, 3.63) is 69.4 Å². The Balaban J connectivity index is 0.00000304. The van der Waals surface area contributed by atoms with Gasteiger partial charge in [-0.1, -0.05) is 52.3 Å². The van der Waals surface area contributed by atoms with E-state index in [1.54, 1.807) is 17.8 Å². The van der Waals surface area contributed by atoms with Gasteiger partial charge in [0.25, 0.3) is 0 Å². The van der Waals surface area contributed by atoms with Crippen molar-refractivity contribution >= 4 is 47.4 Å². The zero-order chi connectivity index (χ0) is 24.4. The van der Waals surface area contributed by atoms with E-state index in [9.17, 15) is 0 Å². The molecule has 2 aromatic heterocycles. The molecule has 5 rings (SSSR count). The third kappa shape index (κ3) is 6.09. The smallest absolute Gasteiger partial charge is 0.191 e. The standard InChI is InChI=1S/C26H27Cl2N5OS.ClH/c1-17-14-24(31-34-17)20-5-4-18-8-11-33(12-9-19(18)15-20)10-3-13-35-26-30-29-25(32(26)2)21-6-7-22(27)23(28)16-21;/h4-7,14-16H,3,8-13H2,1-2H3;1H. The molecule has 0 N–H and O–H groups in total. The van der Waals surface area contributed by atoms with Crippen molar-refractivity contribution in [2.45, 2.75) is 31.3 Å². The highest BCUT2D eigenvalue weighted by atomic mass is 35.5. The first-order valence-corrected chi connectivity index (χ1v) is 13.5. The average Bonchev–Trinajstić information content (AvgIpc) is 3.38. The molecule has 2 aromatic carbocycles. The molecular weight excluding hydrogens is 537 g/mol. The Morgan fingerprint density at radius 1 is 0.944 bits per heavy atom. The van der Waals surface area contributed by atoms with Crippen LogP contribution < -0.4 is 0 Å². The van der Waals surface area contributed by atoms with Gasteiger partial charge in [0.1, 0.15) is 11.5 Å². The van der Waals surface area contributed by atoms with Crippen molar-refractivity contribution in [2.24, 2.45) is 7.05 Å². The van der Waals surface area contributed by atoms with Crippen LogP contribution in [0.15, 0.2) is 52.1 Å². The molecule has 0 fully saturated rings. The van der Waals surface area contributed by atoms with Crippen LogP contribution in [-0.2, 0) is 19.9 Å². The van der Waals surface area contributed by atoms with Crippen LogP contribution in [0.25, 0.3) is 22.6 Å². The second-order valence-electron chi connectivity index (χ2n) is 8.84. The minimum absolute atomic E-state index is 0. The van der Waals surface area contributed by atoms with Crippen LogP contribution in [0, 0.1) is 6.92 Å². The average molecular weight is 565 g/mol. The molecule has 0 atom stereocenters. The largest absolute Gasteiger partial charge is 0.361 e. The van der Waals surface area contributed by atoms with Crippen molar-refractivity contribution in [1.82, 2.24) is 24.8 Å². The molecule has 1 aliphatic heterocycles. The second kappa shape index (κ2) is 12.0. The Bertz CT molecular complexity index is 1340. The predicted octanol–water partition coefficient (Wildman–Crippen LogP) is 6.76. The lowest BCUT2D eigenvalue weighted by Crippen LogP contribution is -2.27. The predicted molar refractivity (Wildman–Crippen MR) is 150 cm³/mol. The summed E-state index contributed by atoms with van der Waals surface area (Å²) in [6.07, 6.45) is 3.24. The Hall–Kier alpha value is -2.03. The number of benzene rings is 2. The molecule has 0 saturated carbocycles. The summed E-state index contributed by atoms with van der Waals surface area (Å²) in [4.78, 5) is 2.57. The van der Waals surface area contributed by atoms with Gasteiger partial charge >= 0.3 is 0 Å². The summed E-state index contributed by atoms with van der Waals surface area (Å²) in [5.41, 5.74) is 5.82. The third-order valence-electron chi connectivity index (χ3n) is 6.39. The molecule has 0 aliphatic carbocycles. The molecule has 0 saturated heterocycles. The molecule has 0 unspecified atom stereocenters. The number of thioether (sulfide) groups is 1. The van der Waals surface area contributed by atoms with Gasteiger partial charge in [0.2, 0.25) is 0 Å². The first-order chi connectivity index (χ1) is 17.0. The van der Waals surface area contributed by atoms with E-state index >= 15 is 0 Å². The normalized spacial score (nSPS) is 13.8. The molecule has 4 aromatic rings. The summed E-state index contributed by atoms with van der Waals surface area (Å²) in [7, 11) is 1.99. The molecular formula is C26H28Cl3N5OS. The van der Waals surface area contributed by atoms with E-state index in [1.165, 1.54) is 11.1 Å². The molecule has 0 spiro atoms. The van der Waals surface area contributed by atoms with Crippen LogP contribution in [0.3, 0.4) is 0 Å². The zero-order valence-electron chi connectivity index (χ0n) is 20.2. The lowest BCUT2D eigenvalue weighted by molar-refractivity contribution is 0.289. The fourth-order valence-electron chi connectivity index (χ4n) is 4.44. The quantitative estimate of drug-likeness (QED) is 0.183. The van der Waals surface area contributed by atoms with Gasteiger partial charge in [-0.05, 0) is 68.1 Å². The fourth-order valence-corrected chi connectivity index (χ4v) is 5.57. The van der Waals surface area contributed by atoms with Gasteiger partial charge in [0.15, 0.2) is 11.0 Å². The summed E-state index contributed by atoms with van der Waals surface area (Å²) < 4.78 is 7.27. The van der Waals surface area contributed by atoms with Crippen LogP contribution in [-0.4, -0.2) is 50.2 Å². The number of halogens is 3. The summed E-state index contributed by atoms with van der Waals surface area (Å²) >= 11 is 14.0. The highest BCUT2D eigenvalue weighted by Crippen LogP contribution is 2.29. The molecule has 10 heteroatoms. The maximum atomic E-state index is 6.17. The molecule has 0 bridgehead atoms. The first kappa shape index (κ1) is 27.0. The van der Waals surface area contributed by atoms with E-state index in [2.05, 4.69) is 38.5 Å². The zero-order valence-corrected chi connectivity index (χ0v) is 23.4. The monoisotopic (exact) mass is 563 g/mol. The summed E-state index contributed by atoms with van der Waals surface area (Å²) in [6, 6.07) is 14.2. The van der Waals surface area contributed by atoms with E-state index in [4.69, 9.17) is 27.7 Å². The van der Waals surface area contributed by atoms with Crippen LogP contribution in [0.2, 0.25) is 10.0 Å². The van der Waals surface area contributed by atoms with E-state index in [0.29, 0.717) is 10.0 Å². The maximum Gasteiger partial charge on any atom is 0.191 e. The molecule has 6 nitrogen and oxygen atoms in total. The lowest BCUT2D eigenvalue weighted by Gasteiger charge is -2.19. The topological polar surface area (TPSA) is 60.0 Å². The van der Waals surface area contributed by atoms with E-state index in [0.717, 1.165) is 78.2 Å². The number of hydrogen-bond acceptors (Lipinski definition) is 6. The Kier molecular flexibility index (Phi) is 9.01. The Morgan fingerprint density at radius 2 is 1.72 bits per heavy atom. The van der Waals surface area contributed by atoms with Gasteiger partial charge < -0.3 is 14.0 Å². The van der Waals surface area contributed by atoms with Crippen LogP contribution in [0.4, 0.5) is 0 Å². The molecule has 0 radical (unpaired) electrons. The van der Waals surface area contributed by atoms with Gasteiger partial charge in [-0.3, -0.25) is 0 Å². The number of nitrogens with zero attached hydrogens (tertiary/aromatic N) is 5. The Morgan fingerprint density at radius 3 is 2.47 bits per heavy atom. The van der Waals surface area contributed by atoms with Crippen molar-refractivity contribution in [3.8, 4) is 22.6 Å². The second-order valence-corrected chi connectivity index (χ2v) is 10.7. The fraction of sp³-hybridized carbons (Fsp3) is 0.346. The molecule has 190 valence electrons. The number of aryl methyl sites for hydroxylation is 1. The molecule has 3 heterocycles. The van der Waals surface area contributed by atoms with Crippen molar-refractivity contribution in [1.29, 1.82) is 0 Å². The highest BCUT2D eigenvalue weighted by Gasteiger charge is 2.16. The number of hydrogen-bond donors (Lipinski definition) is 0. The lowest BCUT2D eigenvalue weighted by atomic mass is 9.99. The van der Waals surface area contributed by atoms with Crippen molar-refractivity contribution < 1.29 is 4.52 Å². The highest BCUT2D eigenvalue weighted by molar-refractivity contribution is 7.99. The van der Waals surface area contributed by atoms with Gasteiger partial charge in [-0.25, -0.2) is 0 Å². The van der Waals surface area contributed by atoms with E-state index in [1.807, 2.05) is 36.7 Å². The number of fused-ring (bicyclic) bond motifs is 1. The van der Waals surface area contributed by atoms with E-state index < -0.39 is 0 Å². The van der Waals surface area contributed by atoms with Crippen LogP contribution in [0.5, 0.6) is 0 Å². The summed E-state index contributed by atoms with van der Waals surface area (Å²) in [5.74, 6) is 2.62. The minimum atomic E-state index is 0. The van der Waals surface area contributed by atoms with Crippen LogP contribution >= 0.6 is 47.4 Å². The van der Waals surface area contributed by atoms with E-state index in [-0.39, 0.29) is 12.4 Å². The first-order valence-electron chi connectivity index (χ1n) is 11.7. The minimum Gasteiger partial charge on any atom is -0.361 e. The molecule has 1 aliphatic rings. The van der Waals surface area contributed by atoms with Gasteiger partial charge in [0, 0.05) is 43.1 Å². The number of rotatable bonds is 7. The van der Waals surface area contributed by atoms with Crippen molar-refractivity contribution in [2.75, 3.05) is 25.4 Å². The van der Waals surface area contributed by atoms with Crippen LogP contribution in [0.1, 0.15) is 23.3 Å². The van der Waals surface area contributed by atoms with Gasteiger partial charge in [0.05, 0.1) is 10.0 Å². The third-order valence-corrected chi connectivity index (χ3v) is 8.23. The summed E-state index contributed by atoms with van der Waals surface area (Å²) in [6.45, 7) is 5.17. The molecule has 0 amide bonds. The van der Waals surface area contributed by atoms with Gasteiger partial charge in [-0.2, -0.15) is 0 Å². The van der Waals surface area contributed by atoms with Gasteiger partial charge in [-0.15, -0.1) is 22.6 Å². The van der Waals surface area contributed by atoms with Crippen molar-refractivity contribution in [3.63, 3.8) is 0 Å². The molecule has 36 heavy (non-hydrogen) atoms. The summed E-state index contributed by atoms with van der Waals surface area (Å²) in [5, 5.41) is 14.9. The SMILES string of the molecule is Cc1cc(-c2ccc3c(c2)CCN(CCCSc2nnc(-c4ccc(Cl)c(Cl)c4)n2C)CC3)no1.Cl. The number of aromatic nitrogens is 4.